The summed E-state index contributed by atoms with van der Waals surface area (Å²) in [6.45, 7) is 9.08. The van der Waals surface area contributed by atoms with Crippen molar-refractivity contribution in [3.05, 3.63) is 98.6 Å². The van der Waals surface area contributed by atoms with E-state index in [1.807, 2.05) is 0 Å². The van der Waals surface area contributed by atoms with Gasteiger partial charge in [0, 0.05) is 16.8 Å². The molecule has 13 heteroatoms. The topological polar surface area (TPSA) is 72.2 Å². The summed E-state index contributed by atoms with van der Waals surface area (Å²) in [6, 6.07) is 4.87. The van der Waals surface area contributed by atoms with Crippen LogP contribution in [0.1, 0.15) is 80.4 Å². The molecule has 44 heavy (non-hydrogen) atoms. The number of nitrogens with one attached hydrogen (secondary N) is 1. The van der Waals surface area contributed by atoms with E-state index in [0.717, 1.165) is 24.3 Å². The van der Waals surface area contributed by atoms with Crippen LogP contribution in [0.25, 0.3) is 0 Å². The molecule has 0 radical (unpaired) electrons. The van der Waals surface area contributed by atoms with Gasteiger partial charge in [-0.2, -0.15) is 39.5 Å². The van der Waals surface area contributed by atoms with Gasteiger partial charge < -0.3 is 11.1 Å². The molecule has 0 aromatic heterocycles. The molecular formula is C31H29F9N2O2. The largest absolute Gasteiger partial charge is 0.417 e. The summed E-state index contributed by atoms with van der Waals surface area (Å²) in [6.07, 6.45) is -16.6. The highest BCUT2D eigenvalue weighted by Gasteiger charge is 2.72. The molecule has 3 N–H and O–H groups in total. The van der Waals surface area contributed by atoms with Crippen molar-refractivity contribution in [2.45, 2.75) is 70.9 Å². The summed E-state index contributed by atoms with van der Waals surface area (Å²) in [5.41, 5.74) is -4.31. The van der Waals surface area contributed by atoms with Gasteiger partial charge in [0.2, 0.25) is 11.3 Å². The van der Waals surface area contributed by atoms with Crippen LogP contribution in [0.4, 0.5) is 45.2 Å². The first kappa shape index (κ1) is 34.5. The van der Waals surface area contributed by atoms with Crippen LogP contribution in [0.5, 0.6) is 0 Å². The lowest BCUT2D eigenvalue weighted by molar-refractivity contribution is -0.288. The van der Waals surface area contributed by atoms with Gasteiger partial charge in [-0.1, -0.05) is 45.0 Å². The first-order valence-corrected chi connectivity index (χ1v) is 13.0. The summed E-state index contributed by atoms with van der Waals surface area (Å²) in [7, 11) is 0. The first-order chi connectivity index (χ1) is 19.9. The molecule has 3 rings (SSSR count). The summed E-state index contributed by atoms with van der Waals surface area (Å²) < 4.78 is 129. The maximum absolute atomic E-state index is 14.5. The van der Waals surface area contributed by atoms with Crippen molar-refractivity contribution in [1.29, 1.82) is 0 Å². The van der Waals surface area contributed by atoms with Crippen LogP contribution >= 0.6 is 0 Å². The molecule has 2 amide bonds. The van der Waals surface area contributed by atoms with Crippen molar-refractivity contribution in [1.82, 2.24) is 0 Å². The number of alkyl halides is 9. The van der Waals surface area contributed by atoms with Gasteiger partial charge in [-0.05, 0) is 83.8 Å². The quantitative estimate of drug-likeness (QED) is 0.276. The standard InChI is InChI=1S/C31H29F9N2O2/c1-15-22(27(4,5)6)16(2)24(17(3)23(15)29(32,33)34)42-26(44)19-9-13-21(14-10-19)28(30(35,36)37,31(38,39)40)20-11-7-18(8-12-20)25(41)43/h7-14H,1-6H3,(H2,41,43)(H,42,44). The molecule has 3 aromatic rings. The van der Waals surface area contributed by atoms with Gasteiger partial charge in [-0.15, -0.1) is 0 Å². The second-order valence-electron chi connectivity index (χ2n) is 11.5. The predicted molar refractivity (Wildman–Crippen MR) is 147 cm³/mol. The number of primary amides is 1. The number of rotatable bonds is 5. The molecule has 0 spiro atoms. The zero-order valence-electron chi connectivity index (χ0n) is 24.4. The molecule has 0 atom stereocenters. The number of anilines is 1. The van der Waals surface area contributed by atoms with Crippen molar-refractivity contribution < 1.29 is 49.1 Å². The van der Waals surface area contributed by atoms with E-state index >= 15 is 0 Å². The number of amides is 2. The van der Waals surface area contributed by atoms with Gasteiger partial charge in [0.25, 0.3) is 5.91 Å². The Bertz CT molecular complexity index is 1520. The Hall–Kier alpha value is -4.03. The van der Waals surface area contributed by atoms with Gasteiger partial charge in [-0.25, -0.2) is 0 Å². The van der Waals surface area contributed by atoms with Crippen LogP contribution < -0.4 is 11.1 Å². The molecule has 0 unspecified atom stereocenters. The Labute approximate surface area is 247 Å². The highest BCUT2D eigenvalue weighted by Crippen LogP contribution is 2.56. The lowest BCUT2D eigenvalue weighted by atomic mass is 9.72. The van der Waals surface area contributed by atoms with Crippen molar-refractivity contribution in [3.8, 4) is 0 Å². The van der Waals surface area contributed by atoms with Gasteiger partial charge in [-0.3, -0.25) is 9.59 Å². The predicted octanol–water partition coefficient (Wildman–Crippen LogP) is 8.69. The van der Waals surface area contributed by atoms with Crippen molar-refractivity contribution in [2.24, 2.45) is 5.73 Å². The fraction of sp³-hybridized carbons (Fsp3) is 0.355. The fourth-order valence-corrected chi connectivity index (χ4v) is 5.88. The number of benzene rings is 3. The molecule has 0 heterocycles. The minimum Gasteiger partial charge on any atom is -0.366 e. The Morgan fingerprint density at radius 3 is 1.34 bits per heavy atom. The van der Waals surface area contributed by atoms with E-state index in [2.05, 4.69) is 5.32 Å². The Morgan fingerprint density at radius 2 is 1.00 bits per heavy atom. The smallest absolute Gasteiger partial charge is 0.366 e. The molecular weight excluding hydrogens is 603 g/mol. The average molecular weight is 633 g/mol. The molecule has 0 aliphatic carbocycles. The monoisotopic (exact) mass is 632 g/mol. The van der Waals surface area contributed by atoms with Gasteiger partial charge in [0.05, 0.1) is 5.56 Å². The molecule has 0 aliphatic heterocycles. The maximum atomic E-state index is 14.5. The highest BCUT2D eigenvalue weighted by atomic mass is 19.4. The second-order valence-corrected chi connectivity index (χ2v) is 11.5. The van der Waals surface area contributed by atoms with E-state index in [4.69, 9.17) is 5.73 Å². The van der Waals surface area contributed by atoms with Gasteiger partial charge in [0.1, 0.15) is 0 Å². The zero-order chi connectivity index (χ0) is 33.8. The molecule has 0 aliphatic rings. The van der Waals surface area contributed by atoms with Crippen LogP contribution in [0.3, 0.4) is 0 Å². The molecule has 238 valence electrons. The number of hydrogen-bond acceptors (Lipinski definition) is 2. The van der Waals surface area contributed by atoms with E-state index in [1.165, 1.54) is 20.8 Å². The minimum atomic E-state index is -5.93. The zero-order valence-corrected chi connectivity index (χ0v) is 24.4. The summed E-state index contributed by atoms with van der Waals surface area (Å²) >= 11 is 0. The van der Waals surface area contributed by atoms with Crippen LogP contribution in [0.15, 0.2) is 48.5 Å². The Kier molecular flexibility index (Phi) is 8.74. The number of carbonyl (C=O) groups is 2. The van der Waals surface area contributed by atoms with Crippen LogP contribution in [0.2, 0.25) is 0 Å². The lowest BCUT2D eigenvalue weighted by Gasteiger charge is -2.38. The Morgan fingerprint density at radius 1 is 0.614 bits per heavy atom. The van der Waals surface area contributed by atoms with Gasteiger partial charge in [0.15, 0.2) is 0 Å². The van der Waals surface area contributed by atoms with E-state index in [0.29, 0.717) is 35.4 Å². The lowest BCUT2D eigenvalue weighted by Crippen LogP contribution is -2.54. The number of nitrogens with two attached hydrogens (primary N) is 1. The molecule has 0 saturated carbocycles. The Balaban J connectivity index is 2.17. The molecule has 0 saturated heterocycles. The average Bonchev–Trinajstić information content (AvgIpc) is 2.84. The van der Waals surface area contributed by atoms with Crippen LogP contribution in [-0.2, 0) is 17.0 Å². The normalized spacial score (nSPS) is 13.2. The molecule has 0 fully saturated rings. The highest BCUT2D eigenvalue weighted by molar-refractivity contribution is 6.05. The van der Waals surface area contributed by atoms with Crippen LogP contribution in [0, 0.1) is 20.8 Å². The number of halogens is 9. The molecule has 0 bridgehead atoms. The van der Waals surface area contributed by atoms with E-state index in [9.17, 15) is 49.1 Å². The third-order valence-corrected chi connectivity index (χ3v) is 7.55. The first-order valence-electron chi connectivity index (χ1n) is 13.0. The van der Waals surface area contributed by atoms with Crippen molar-refractivity contribution in [2.75, 3.05) is 5.32 Å². The number of carbonyl (C=O) groups excluding carboxylic acids is 2. The third kappa shape index (κ3) is 5.88. The van der Waals surface area contributed by atoms with Gasteiger partial charge >= 0.3 is 18.5 Å². The van der Waals surface area contributed by atoms with Crippen LogP contribution in [-0.4, -0.2) is 24.2 Å². The summed E-state index contributed by atoms with van der Waals surface area (Å²) in [5, 5.41) is 2.39. The fourth-order valence-electron chi connectivity index (χ4n) is 5.88. The summed E-state index contributed by atoms with van der Waals surface area (Å²) in [4.78, 5) is 24.5. The summed E-state index contributed by atoms with van der Waals surface area (Å²) in [5.74, 6) is -2.11. The van der Waals surface area contributed by atoms with Crippen molar-refractivity contribution in [3.63, 3.8) is 0 Å². The second kappa shape index (κ2) is 11.2. The van der Waals surface area contributed by atoms with E-state index in [1.54, 1.807) is 20.8 Å². The van der Waals surface area contributed by atoms with E-state index in [-0.39, 0.29) is 22.4 Å². The number of hydrogen-bond donors (Lipinski definition) is 2. The molecule has 4 nitrogen and oxygen atoms in total. The SMILES string of the molecule is Cc1c(NC(=O)c2ccc(C(c3ccc(C(N)=O)cc3)(C(F)(F)F)C(F)(F)F)cc2)c(C)c(C(F)(F)F)c(C)c1C(C)(C)C. The van der Waals surface area contributed by atoms with Crippen molar-refractivity contribution >= 4 is 17.5 Å². The van der Waals surface area contributed by atoms with E-state index < -0.39 is 63.4 Å². The maximum Gasteiger partial charge on any atom is 0.417 e. The third-order valence-electron chi connectivity index (χ3n) is 7.55. The molecule has 3 aromatic carbocycles. The minimum absolute atomic E-state index is 0.0261.